The molecule has 0 atom stereocenters. The molecule has 0 saturated carbocycles. The number of oxazole rings is 1. The summed E-state index contributed by atoms with van der Waals surface area (Å²) in [5, 5.41) is 9.26. The van der Waals surface area contributed by atoms with E-state index in [2.05, 4.69) is 4.98 Å². The van der Waals surface area contributed by atoms with Crippen LogP contribution in [0.4, 0.5) is 0 Å². The maximum atomic E-state index is 10.5. The van der Waals surface area contributed by atoms with Gasteiger partial charge in [-0.1, -0.05) is 23.7 Å². The number of aliphatic carboxylic acids is 1. The summed E-state index contributed by atoms with van der Waals surface area (Å²) >= 11 is 5.89. The van der Waals surface area contributed by atoms with E-state index >= 15 is 0 Å². The molecule has 0 aliphatic carbocycles. The Labute approximate surface area is 149 Å². The molecule has 0 radical (unpaired) electrons. The molecule has 0 unspecified atom stereocenters. The Morgan fingerprint density at radius 3 is 2.44 bits per heavy atom. The average molecular weight is 358 g/mol. The van der Waals surface area contributed by atoms with Crippen LogP contribution in [-0.4, -0.2) is 22.7 Å². The molecule has 1 N–H and O–H groups in total. The zero-order valence-corrected chi connectivity index (χ0v) is 14.1. The number of aromatic nitrogens is 1. The predicted molar refractivity (Wildman–Crippen MR) is 94.7 cm³/mol. The molecular formula is C19H16ClNO4. The van der Waals surface area contributed by atoms with Gasteiger partial charge in [0, 0.05) is 22.6 Å². The van der Waals surface area contributed by atoms with E-state index in [0.717, 1.165) is 16.8 Å². The second-order valence-corrected chi connectivity index (χ2v) is 5.85. The largest absolute Gasteiger partial charge is 0.494 e. The highest BCUT2D eigenvalue weighted by Crippen LogP contribution is 2.26. The number of hydrogen-bond acceptors (Lipinski definition) is 4. The third-order valence-corrected chi connectivity index (χ3v) is 3.80. The molecule has 1 aromatic heterocycles. The maximum absolute atomic E-state index is 10.5. The number of carboxylic acids is 1. The fraction of sp³-hybridized carbons (Fsp3) is 0.158. The first-order valence-electron chi connectivity index (χ1n) is 7.78. The van der Waals surface area contributed by atoms with Gasteiger partial charge in [0.25, 0.3) is 0 Å². The van der Waals surface area contributed by atoms with Crippen LogP contribution in [0.2, 0.25) is 5.02 Å². The number of rotatable bonds is 7. The minimum absolute atomic E-state index is 0.0991. The predicted octanol–water partition coefficient (Wildman–Crippen LogP) is 4.91. The van der Waals surface area contributed by atoms with E-state index in [9.17, 15) is 4.79 Å². The van der Waals surface area contributed by atoms with E-state index in [1.807, 2.05) is 48.5 Å². The second-order valence-electron chi connectivity index (χ2n) is 5.41. The van der Waals surface area contributed by atoms with Crippen LogP contribution >= 0.6 is 11.6 Å². The molecule has 0 aliphatic rings. The van der Waals surface area contributed by atoms with Crippen molar-refractivity contribution in [3.63, 3.8) is 0 Å². The molecule has 25 heavy (non-hydrogen) atoms. The number of carboxylic acid groups (broad SMARTS) is 1. The first-order valence-corrected chi connectivity index (χ1v) is 8.16. The molecule has 3 aromatic rings. The zero-order valence-electron chi connectivity index (χ0n) is 13.3. The van der Waals surface area contributed by atoms with Crippen LogP contribution in [-0.2, 0) is 4.79 Å². The minimum atomic E-state index is -0.820. The summed E-state index contributed by atoms with van der Waals surface area (Å²) in [4.78, 5) is 14.9. The van der Waals surface area contributed by atoms with Crippen molar-refractivity contribution < 1.29 is 19.1 Å². The molecule has 1 heterocycles. The lowest BCUT2D eigenvalue weighted by Crippen LogP contribution is -2.01. The van der Waals surface area contributed by atoms with Crippen LogP contribution in [0.3, 0.4) is 0 Å². The Morgan fingerprint density at radius 2 is 1.76 bits per heavy atom. The van der Waals surface area contributed by atoms with Gasteiger partial charge in [-0.25, -0.2) is 4.98 Å². The van der Waals surface area contributed by atoms with Gasteiger partial charge in [0.05, 0.1) is 6.61 Å². The first-order chi connectivity index (χ1) is 12.1. The summed E-state index contributed by atoms with van der Waals surface area (Å²) in [6.07, 6.45) is 2.18. The number of ether oxygens (including phenoxy) is 1. The van der Waals surface area contributed by atoms with Crippen molar-refractivity contribution in [3.05, 3.63) is 59.8 Å². The topological polar surface area (TPSA) is 72.6 Å². The molecular weight excluding hydrogens is 342 g/mol. The summed E-state index contributed by atoms with van der Waals surface area (Å²) in [5.41, 5.74) is 2.50. The summed E-state index contributed by atoms with van der Waals surface area (Å²) < 4.78 is 11.1. The lowest BCUT2D eigenvalue weighted by Gasteiger charge is -2.05. The third kappa shape index (κ3) is 4.61. The van der Waals surface area contributed by atoms with Crippen molar-refractivity contribution in [1.82, 2.24) is 4.98 Å². The molecule has 0 aliphatic heterocycles. The van der Waals surface area contributed by atoms with Crippen molar-refractivity contribution >= 4 is 17.6 Å². The number of benzene rings is 2. The van der Waals surface area contributed by atoms with Crippen LogP contribution in [0.5, 0.6) is 5.75 Å². The standard InChI is InChI=1S/C19H16ClNO4/c20-15-7-3-13(4-8-15)17-12-25-19(21-17)14-5-9-16(10-6-14)24-11-1-2-18(22)23/h3-10,12H,1-2,11H2,(H,22,23). The summed E-state index contributed by atoms with van der Waals surface area (Å²) in [5.74, 6) is 0.375. The first kappa shape index (κ1) is 17.0. The van der Waals surface area contributed by atoms with Gasteiger partial charge in [0.15, 0.2) is 0 Å². The summed E-state index contributed by atoms with van der Waals surface area (Å²) in [6, 6.07) is 14.7. The molecule has 2 aromatic carbocycles. The Hall–Kier alpha value is -2.79. The summed E-state index contributed by atoms with van der Waals surface area (Å²) in [6.45, 7) is 0.366. The van der Waals surface area contributed by atoms with Gasteiger partial charge in [0.1, 0.15) is 17.7 Å². The molecule has 0 bridgehead atoms. The minimum Gasteiger partial charge on any atom is -0.494 e. The van der Waals surface area contributed by atoms with Crippen molar-refractivity contribution in [2.75, 3.05) is 6.61 Å². The number of halogens is 1. The van der Waals surface area contributed by atoms with Crippen molar-refractivity contribution in [3.8, 4) is 28.5 Å². The molecule has 0 amide bonds. The molecule has 0 saturated heterocycles. The molecule has 128 valence electrons. The van der Waals surface area contributed by atoms with Crippen LogP contribution in [0.1, 0.15) is 12.8 Å². The Kier molecular flexibility index (Phi) is 5.36. The van der Waals surface area contributed by atoms with Gasteiger partial charge in [0.2, 0.25) is 5.89 Å². The van der Waals surface area contributed by atoms with Gasteiger partial charge in [-0.05, 0) is 42.8 Å². The highest BCUT2D eigenvalue weighted by molar-refractivity contribution is 6.30. The lowest BCUT2D eigenvalue weighted by molar-refractivity contribution is -0.137. The molecule has 6 heteroatoms. The SMILES string of the molecule is O=C(O)CCCOc1ccc(-c2nc(-c3ccc(Cl)cc3)co2)cc1. The van der Waals surface area contributed by atoms with E-state index in [1.165, 1.54) is 0 Å². The maximum Gasteiger partial charge on any atom is 0.303 e. The highest BCUT2D eigenvalue weighted by Gasteiger charge is 2.09. The molecule has 5 nitrogen and oxygen atoms in total. The number of carbonyl (C=O) groups is 1. The van der Waals surface area contributed by atoms with Crippen molar-refractivity contribution in [2.24, 2.45) is 0 Å². The van der Waals surface area contributed by atoms with Gasteiger partial charge in [-0.3, -0.25) is 4.79 Å². The second kappa shape index (κ2) is 7.85. The van der Waals surface area contributed by atoms with Crippen LogP contribution < -0.4 is 4.74 Å². The smallest absolute Gasteiger partial charge is 0.303 e. The number of nitrogens with zero attached hydrogens (tertiary/aromatic N) is 1. The third-order valence-electron chi connectivity index (χ3n) is 3.55. The van der Waals surface area contributed by atoms with Crippen LogP contribution in [0, 0.1) is 0 Å². The van der Waals surface area contributed by atoms with E-state index in [-0.39, 0.29) is 6.42 Å². The zero-order chi connectivity index (χ0) is 17.6. The fourth-order valence-corrected chi connectivity index (χ4v) is 2.39. The average Bonchev–Trinajstić information content (AvgIpc) is 3.10. The van der Waals surface area contributed by atoms with Crippen LogP contribution in [0.25, 0.3) is 22.7 Å². The Balaban J connectivity index is 1.64. The Morgan fingerprint density at radius 1 is 1.08 bits per heavy atom. The van der Waals surface area contributed by atoms with E-state index in [1.54, 1.807) is 6.26 Å². The highest BCUT2D eigenvalue weighted by atomic mass is 35.5. The Bertz CT molecular complexity index is 841. The van der Waals surface area contributed by atoms with Gasteiger partial charge in [-0.15, -0.1) is 0 Å². The summed E-state index contributed by atoms with van der Waals surface area (Å²) in [7, 11) is 0. The normalized spacial score (nSPS) is 10.6. The van der Waals surface area contributed by atoms with E-state index in [4.69, 9.17) is 25.9 Å². The number of hydrogen-bond donors (Lipinski definition) is 1. The van der Waals surface area contributed by atoms with E-state index in [0.29, 0.717) is 29.7 Å². The molecule has 0 fully saturated rings. The van der Waals surface area contributed by atoms with E-state index < -0.39 is 5.97 Å². The quantitative estimate of drug-likeness (QED) is 0.608. The van der Waals surface area contributed by atoms with Crippen molar-refractivity contribution in [1.29, 1.82) is 0 Å². The molecule has 0 spiro atoms. The monoisotopic (exact) mass is 357 g/mol. The van der Waals surface area contributed by atoms with Crippen LogP contribution in [0.15, 0.2) is 59.2 Å². The van der Waals surface area contributed by atoms with Gasteiger partial charge < -0.3 is 14.3 Å². The van der Waals surface area contributed by atoms with Gasteiger partial charge >= 0.3 is 5.97 Å². The molecule has 3 rings (SSSR count). The van der Waals surface area contributed by atoms with Crippen molar-refractivity contribution in [2.45, 2.75) is 12.8 Å². The van der Waals surface area contributed by atoms with Gasteiger partial charge in [-0.2, -0.15) is 0 Å². The lowest BCUT2D eigenvalue weighted by atomic mass is 10.2. The fourth-order valence-electron chi connectivity index (χ4n) is 2.27.